The quantitative estimate of drug-likeness (QED) is 0.812. The maximum Gasteiger partial charge on any atom is 0.270 e. The number of benzene rings is 2. The molecule has 0 spiro atoms. The molecular formula is C21H22FN3O2. The Kier molecular flexibility index (Phi) is 5.64. The zero-order valence-electron chi connectivity index (χ0n) is 15.4. The van der Waals surface area contributed by atoms with Crippen LogP contribution in [0.4, 0.5) is 4.39 Å². The molecule has 6 heteroatoms. The fourth-order valence-corrected chi connectivity index (χ4v) is 2.98. The van der Waals surface area contributed by atoms with Crippen LogP contribution in [0.3, 0.4) is 0 Å². The van der Waals surface area contributed by atoms with Crippen molar-refractivity contribution in [3.05, 3.63) is 71.5 Å². The predicted molar refractivity (Wildman–Crippen MR) is 101 cm³/mol. The Morgan fingerprint density at radius 3 is 2.48 bits per heavy atom. The smallest absolute Gasteiger partial charge is 0.270 e. The van der Waals surface area contributed by atoms with E-state index >= 15 is 0 Å². The molecular weight excluding hydrogens is 345 g/mol. The van der Waals surface area contributed by atoms with Crippen LogP contribution in [0.2, 0.25) is 0 Å². The van der Waals surface area contributed by atoms with E-state index in [1.165, 1.54) is 17.1 Å². The number of nitrogens with zero attached hydrogens (tertiary/aromatic N) is 3. The normalized spacial score (nSPS) is 15.3. The molecule has 0 aliphatic carbocycles. The molecule has 5 nitrogen and oxygen atoms in total. The molecule has 0 fully saturated rings. The number of hydrogen-bond acceptors (Lipinski definition) is 3. The average Bonchev–Trinajstić information content (AvgIpc) is 2.69. The molecule has 0 radical (unpaired) electrons. The van der Waals surface area contributed by atoms with Crippen LogP contribution in [-0.4, -0.2) is 34.5 Å². The van der Waals surface area contributed by atoms with Crippen LogP contribution in [-0.2, 0) is 16.1 Å². The molecule has 1 atom stereocenters. The van der Waals surface area contributed by atoms with Gasteiger partial charge < -0.3 is 4.90 Å². The minimum Gasteiger partial charge on any atom is -0.334 e. The van der Waals surface area contributed by atoms with Gasteiger partial charge in [-0.3, -0.25) is 9.59 Å². The summed E-state index contributed by atoms with van der Waals surface area (Å²) >= 11 is 0. The largest absolute Gasteiger partial charge is 0.334 e. The maximum atomic E-state index is 13.1. The first-order valence-electron chi connectivity index (χ1n) is 8.90. The highest BCUT2D eigenvalue weighted by atomic mass is 19.1. The van der Waals surface area contributed by atoms with E-state index in [4.69, 9.17) is 0 Å². The number of carbonyl (C=O) groups excluding carboxylic acids is 2. The van der Waals surface area contributed by atoms with Crippen molar-refractivity contribution in [3.63, 3.8) is 0 Å². The molecule has 2 amide bonds. The van der Waals surface area contributed by atoms with Crippen LogP contribution in [0.15, 0.2) is 59.7 Å². The van der Waals surface area contributed by atoms with Crippen molar-refractivity contribution in [2.45, 2.75) is 32.4 Å². The van der Waals surface area contributed by atoms with Gasteiger partial charge in [-0.1, -0.05) is 42.5 Å². The summed E-state index contributed by atoms with van der Waals surface area (Å²) in [4.78, 5) is 26.6. The van der Waals surface area contributed by atoms with Crippen LogP contribution in [0.1, 0.15) is 36.9 Å². The Hall–Kier alpha value is -3.02. The SMILES string of the molecule is CC(c1ccc(F)cc1)N(C)C(=O)C1=NN(Cc2ccccc2)C(=O)CC1. The molecule has 0 saturated heterocycles. The summed E-state index contributed by atoms with van der Waals surface area (Å²) in [5.41, 5.74) is 2.15. The first kappa shape index (κ1) is 18.8. The fraction of sp³-hybridized carbons (Fsp3) is 0.286. The molecule has 0 saturated carbocycles. The van der Waals surface area contributed by atoms with Crippen molar-refractivity contribution in [1.29, 1.82) is 0 Å². The van der Waals surface area contributed by atoms with Gasteiger partial charge in [0, 0.05) is 19.9 Å². The van der Waals surface area contributed by atoms with Crippen molar-refractivity contribution in [2.24, 2.45) is 5.10 Å². The lowest BCUT2D eigenvalue weighted by Gasteiger charge is -2.29. The molecule has 27 heavy (non-hydrogen) atoms. The van der Waals surface area contributed by atoms with E-state index in [-0.39, 0.29) is 30.1 Å². The second-order valence-corrected chi connectivity index (χ2v) is 6.63. The van der Waals surface area contributed by atoms with Crippen LogP contribution in [0.25, 0.3) is 0 Å². The third-order valence-corrected chi connectivity index (χ3v) is 4.78. The summed E-state index contributed by atoms with van der Waals surface area (Å²) in [6.07, 6.45) is 0.583. The van der Waals surface area contributed by atoms with Gasteiger partial charge in [0.05, 0.1) is 12.6 Å². The first-order valence-corrected chi connectivity index (χ1v) is 8.90. The van der Waals surface area contributed by atoms with Crippen molar-refractivity contribution < 1.29 is 14.0 Å². The summed E-state index contributed by atoms with van der Waals surface area (Å²) in [5.74, 6) is -0.631. The average molecular weight is 367 g/mol. The molecule has 0 N–H and O–H groups in total. The van der Waals surface area contributed by atoms with Crippen LogP contribution < -0.4 is 0 Å². The molecule has 1 unspecified atom stereocenters. The van der Waals surface area contributed by atoms with Gasteiger partial charge in [0.25, 0.3) is 5.91 Å². The zero-order valence-corrected chi connectivity index (χ0v) is 15.4. The van der Waals surface area contributed by atoms with Crippen molar-refractivity contribution in [3.8, 4) is 0 Å². The number of rotatable bonds is 5. The molecule has 2 aromatic rings. The summed E-state index contributed by atoms with van der Waals surface area (Å²) in [7, 11) is 1.69. The molecule has 1 aliphatic heterocycles. The van der Waals surface area contributed by atoms with Gasteiger partial charge in [-0.05, 0) is 30.2 Å². The molecule has 3 rings (SSSR count). The van der Waals surface area contributed by atoms with E-state index in [1.54, 1.807) is 24.1 Å². The van der Waals surface area contributed by atoms with Gasteiger partial charge in [0.15, 0.2) is 0 Å². The number of halogens is 1. The molecule has 0 bridgehead atoms. The van der Waals surface area contributed by atoms with Gasteiger partial charge in [0.2, 0.25) is 5.91 Å². The highest BCUT2D eigenvalue weighted by Gasteiger charge is 2.28. The third-order valence-electron chi connectivity index (χ3n) is 4.78. The summed E-state index contributed by atoms with van der Waals surface area (Å²) in [6, 6.07) is 15.4. The van der Waals surface area contributed by atoms with Gasteiger partial charge in [-0.15, -0.1) is 0 Å². The molecule has 1 aliphatic rings. The highest BCUT2D eigenvalue weighted by molar-refractivity contribution is 6.39. The van der Waals surface area contributed by atoms with Crippen LogP contribution in [0.5, 0.6) is 0 Å². The molecule has 140 valence electrons. The first-order chi connectivity index (χ1) is 13.0. The Morgan fingerprint density at radius 1 is 1.15 bits per heavy atom. The van der Waals surface area contributed by atoms with Crippen LogP contribution in [0, 0.1) is 5.82 Å². The molecule has 0 aromatic heterocycles. The summed E-state index contributed by atoms with van der Waals surface area (Å²) in [6.45, 7) is 2.22. The lowest BCUT2D eigenvalue weighted by Crippen LogP contribution is -2.40. The standard InChI is InChI=1S/C21H22FN3O2/c1-15(17-8-10-18(22)11-9-17)24(2)21(27)19-12-13-20(26)25(23-19)14-16-6-4-3-5-7-16/h3-11,15H,12-14H2,1-2H3. The van der Waals surface area contributed by atoms with Gasteiger partial charge in [-0.2, -0.15) is 5.10 Å². The predicted octanol–water partition coefficient (Wildman–Crippen LogP) is 3.52. The number of carbonyl (C=O) groups is 2. The lowest BCUT2D eigenvalue weighted by atomic mass is 10.1. The molecule has 1 heterocycles. The van der Waals surface area contributed by atoms with Gasteiger partial charge >= 0.3 is 0 Å². The van der Waals surface area contributed by atoms with E-state index in [2.05, 4.69) is 5.10 Å². The Bertz CT molecular complexity index is 849. The zero-order chi connectivity index (χ0) is 19.4. The van der Waals surface area contributed by atoms with Gasteiger partial charge in [0.1, 0.15) is 11.5 Å². The third kappa shape index (κ3) is 4.39. The second-order valence-electron chi connectivity index (χ2n) is 6.63. The Balaban J connectivity index is 1.75. The lowest BCUT2D eigenvalue weighted by molar-refractivity contribution is -0.132. The van der Waals surface area contributed by atoms with E-state index in [9.17, 15) is 14.0 Å². The Morgan fingerprint density at radius 2 is 1.81 bits per heavy atom. The summed E-state index contributed by atoms with van der Waals surface area (Å²) < 4.78 is 13.1. The topological polar surface area (TPSA) is 53.0 Å². The van der Waals surface area contributed by atoms with Crippen LogP contribution >= 0.6 is 0 Å². The van der Waals surface area contributed by atoms with E-state index in [0.717, 1.165) is 11.1 Å². The van der Waals surface area contributed by atoms with E-state index in [0.29, 0.717) is 18.7 Å². The number of hydrazone groups is 1. The van der Waals surface area contributed by atoms with E-state index < -0.39 is 0 Å². The number of hydrogen-bond donors (Lipinski definition) is 0. The van der Waals surface area contributed by atoms with E-state index in [1.807, 2.05) is 37.3 Å². The fourth-order valence-electron chi connectivity index (χ4n) is 2.98. The maximum absolute atomic E-state index is 13.1. The highest BCUT2D eigenvalue weighted by Crippen LogP contribution is 2.21. The minimum absolute atomic E-state index is 0.0929. The van der Waals surface area contributed by atoms with Crippen molar-refractivity contribution in [1.82, 2.24) is 9.91 Å². The monoisotopic (exact) mass is 367 g/mol. The Labute approximate surface area is 158 Å². The summed E-state index contributed by atoms with van der Waals surface area (Å²) in [5, 5.41) is 5.68. The van der Waals surface area contributed by atoms with Crippen molar-refractivity contribution >= 4 is 17.5 Å². The minimum atomic E-state index is -0.313. The van der Waals surface area contributed by atoms with Crippen molar-refractivity contribution in [2.75, 3.05) is 7.05 Å². The molecule has 2 aromatic carbocycles. The second kappa shape index (κ2) is 8.12. The van der Waals surface area contributed by atoms with Gasteiger partial charge in [-0.25, -0.2) is 9.40 Å². The number of amides is 2.